The Morgan fingerprint density at radius 2 is 2.00 bits per heavy atom. The van der Waals surface area contributed by atoms with Gasteiger partial charge in [0.1, 0.15) is 5.75 Å². The average Bonchev–Trinajstić information content (AvgIpc) is 2.30. The minimum absolute atomic E-state index is 0.238. The quantitative estimate of drug-likeness (QED) is 0.778. The molecule has 1 atom stereocenters. The topological polar surface area (TPSA) is 40.5 Å². The van der Waals surface area contributed by atoms with E-state index < -0.39 is 5.60 Å². The Bertz CT molecular complexity index is 478. The van der Waals surface area contributed by atoms with Gasteiger partial charge in [0.15, 0.2) is 0 Å². The Hall–Kier alpha value is -1.54. The zero-order valence-electron chi connectivity index (χ0n) is 12.3. The van der Waals surface area contributed by atoms with Gasteiger partial charge in [-0.2, -0.15) is 0 Å². The van der Waals surface area contributed by atoms with Gasteiger partial charge in [0.05, 0.1) is 5.60 Å². The number of phenolic OH excluding ortho intramolecular Hbond substituents is 1. The van der Waals surface area contributed by atoms with Crippen LogP contribution in [0.1, 0.15) is 44.7 Å². The van der Waals surface area contributed by atoms with Gasteiger partial charge in [-0.25, -0.2) is 0 Å². The van der Waals surface area contributed by atoms with Gasteiger partial charge in [0.2, 0.25) is 0 Å². The highest BCUT2D eigenvalue weighted by Gasteiger charge is 2.15. The first-order chi connectivity index (χ1) is 8.80. The molecule has 0 aliphatic rings. The SMILES string of the molecule is CC(C)=CCCC(C)(O)/C=C/c1cc(C)ccc1O. The first-order valence-electron chi connectivity index (χ1n) is 6.65. The van der Waals surface area contributed by atoms with Crippen molar-refractivity contribution in [3.05, 3.63) is 47.1 Å². The number of aromatic hydroxyl groups is 1. The highest BCUT2D eigenvalue weighted by molar-refractivity contribution is 5.58. The van der Waals surface area contributed by atoms with Crippen molar-refractivity contribution in [2.24, 2.45) is 0 Å². The molecule has 2 N–H and O–H groups in total. The molecule has 0 aromatic heterocycles. The van der Waals surface area contributed by atoms with Gasteiger partial charge in [0, 0.05) is 5.56 Å². The van der Waals surface area contributed by atoms with Crippen molar-refractivity contribution in [2.45, 2.75) is 46.1 Å². The zero-order valence-corrected chi connectivity index (χ0v) is 12.3. The maximum atomic E-state index is 10.3. The maximum absolute atomic E-state index is 10.3. The van der Waals surface area contributed by atoms with Crippen LogP contribution in [-0.2, 0) is 0 Å². The second kappa shape index (κ2) is 6.58. The van der Waals surface area contributed by atoms with Crippen LogP contribution in [0.5, 0.6) is 5.75 Å². The van der Waals surface area contributed by atoms with Crippen LogP contribution >= 0.6 is 0 Å². The van der Waals surface area contributed by atoms with Crippen LogP contribution < -0.4 is 0 Å². The van der Waals surface area contributed by atoms with Crippen molar-refractivity contribution in [3.63, 3.8) is 0 Å². The Morgan fingerprint density at radius 3 is 2.63 bits per heavy atom. The van der Waals surface area contributed by atoms with Crippen LogP contribution in [0, 0.1) is 6.92 Å². The molecule has 0 bridgehead atoms. The standard InChI is InChI=1S/C17H24O2/c1-13(2)6-5-10-17(4,19)11-9-15-12-14(3)7-8-16(15)18/h6-9,11-12,18-19H,5,10H2,1-4H3/b11-9+. The fourth-order valence-corrected chi connectivity index (χ4v) is 1.81. The van der Waals surface area contributed by atoms with E-state index in [0.717, 1.165) is 17.5 Å². The molecule has 0 saturated carbocycles. The van der Waals surface area contributed by atoms with Gasteiger partial charge < -0.3 is 10.2 Å². The van der Waals surface area contributed by atoms with Crippen molar-refractivity contribution in [1.29, 1.82) is 0 Å². The number of rotatable bonds is 5. The molecular weight excluding hydrogens is 236 g/mol. The molecule has 2 nitrogen and oxygen atoms in total. The first kappa shape index (κ1) is 15.5. The van der Waals surface area contributed by atoms with E-state index in [1.807, 2.05) is 19.1 Å². The lowest BCUT2D eigenvalue weighted by Gasteiger charge is -2.18. The van der Waals surface area contributed by atoms with Gasteiger partial charge in [-0.3, -0.25) is 0 Å². The highest BCUT2D eigenvalue weighted by atomic mass is 16.3. The van der Waals surface area contributed by atoms with E-state index in [1.54, 1.807) is 25.1 Å². The second-order valence-electron chi connectivity index (χ2n) is 5.57. The molecule has 0 radical (unpaired) electrons. The number of allylic oxidation sites excluding steroid dienone is 2. The normalized spacial score (nSPS) is 14.4. The average molecular weight is 260 g/mol. The van der Waals surface area contributed by atoms with E-state index in [2.05, 4.69) is 19.9 Å². The number of aliphatic hydroxyl groups is 1. The fourth-order valence-electron chi connectivity index (χ4n) is 1.81. The molecule has 0 heterocycles. The minimum Gasteiger partial charge on any atom is -0.507 e. The van der Waals surface area contributed by atoms with Crippen LogP contribution in [0.15, 0.2) is 35.9 Å². The molecule has 0 spiro atoms. The molecule has 2 heteroatoms. The third kappa shape index (κ3) is 5.75. The summed E-state index contributed by atoms with van der Waals surface area (Å²) in [6.45, 7) is 7.86. The lowest BCUT2D eigenvalue weighted by molar-refractivity contribution is 0.104. The molecule has 0 aliphatic heterocycles. The molecule has 0 aliphatic carbocycles. The summed E-state index contributed by atoms with van der Waals surface area (Å²) in [4.78, 5) is 0. The summed E-state index contributed by atoms with van der Waals surface area (Å²) in [5.41, 5.74) is 2.22. The number of aryl methyl sites for hydroxylation is 1. The van der Waals surface area contributed by atoms with Gasteiger partial charge >= 0.3 is 0 Å². The fraction of sp³-hybridized carbons (Fsp3) is 0.412. The summed E-state index contributed by atoms with van der Waals surface area (Å²) < 4.78 is 0. The van der Waals surface area contributed by atoms with Gasteiger partial charge in [0.25, 0.3) is 0 Å². The van der Waals surface area contributed by atoms with Gasteiger partial charge in [-0.1, -0.05) is 35.4 Å². The smallest absolute Gasteiger partial charge is 0.122 e. The molecule has 19 heavy (non-hydrogen) atoms. The number of hydrogen-bond donors (Lipinski definition) is 2. The Labute approximate surface area is 116 Å². The van der Waals surface area contributed by atoms with E-state index in [-0.39, 0.29) is 5.75 Å². The summed E-state index contributed by atoms with van der Waals surface area (Å²) >= 11 is 0. The summed E-state index contributed by atoms with van der Waals surface area (Å²) in [5.74, 6) is 0.238. The summed E-state index contributed by atoms with van der Waals surface area (Å²) in [5, 5.41) is 20.0. The Balaban J connectivity index is 2.73. The third-order valence-electron chi connectivity index (χ3n) is 3.01. The van der Waals surface area contributed by atoms with E-state index in [0.29, 0.717) is 6.42 Å². The van der Waals surface area contributed by atoms with E-state index in [1.165, 1.54) is 5.57 Å². The van der Waals surface area contributed by atoms with E-state index >= 15 is 0 Å². The largest absolute Gasteiger partial charge is 0.507 e. The Morgan fingerprint density at radius 1 is 1.32 bits per heavy atom. The minimum atomic E-state index is -0.859. The molecule has 0 fully saturated rings. The number of hydrogen-bond acceptors (Lipinski definition) is 2. The lowest BCUT2D eigenvalue weighted by atomic mass is 9.97. The van der Waals surface area contributed by atoms with Crippen molar-refractivity contribution < 1.29 is 10.2 Å². The number of benzene rings is 1. The first-order valence-corrected chi connectivity index (χ1v) is 6.65. The molecule has 104 valence electrons. The summed E-state index contributed by atoms with van der Waals surface area (Å²) in [6, 6.07) is 5.44. The van der Waals surface area contributed by atoms with E-state index in [4.69, 9.17) is 0 Å². The molecule has 1 aromatic rings. The van der Waals surface area contributed by atoms with Crippen molar-refractivity contribution in [2.75, 3.05) is 0 Å². The zero-order chi connectivity index (χ0) is 14.5. The van der Waals surface area contributed by atoms with Crippen LogP contribution in [-0.4, -0.2) is 15.8 Å². The van der Waals surface area contributed by atoms with E-state index in [9.17, 15) is 10.2 Å². The lowest BCUT2D eigenvalue weighted by Crippen LogP contribution is -2.19. The maximum Gasteiger partial charge on any atom is 0.122 e. The molecule has 0 saturated heterocycles. The van der Waals surface area contributed by atoms with Crippen molar-refractivity contribution in [3.8, 4) is 5.75 Å². The highest BCUT2D eigenvalue weighted by Crippen LogP contribution is 2.22. The van der Waals surface area contributed by atoms with Gasteiger partial charge in [-0.15, -0.1) is 0 Å². The van der Waals surface area contributed by atoms with Gasteiger partial charge in [-0.05, 0) is 52.7 Å². The number of phenols is 1. The van der Waals surface area contributed by atoms with Crippen LogP contribution in [0.3, 0.4) is 0 Å². The van der Waals surface area contributed by atoms with Crippen molar-refractivity contribution in [1.82, 2.24) is 0 Å². The monoisotopic (exact) mass is 260 g/mol. The molecule has 1 unspecified atom stereocenters. The molecular formula is C17H24O2. The Kier molecular flexibility index (Phi) is 5.37. The predicted octanol–water partition coefficient (Wildman–Crippen LogP) is 4.21. The predicted molar refractivity (Wildman–Crippen MR) is 81.2 cm³/mol. The summed E-state index contributed by atoms with van der Waals surface area (Å²) in [6.07, 6.45) is 7.17. The molecule has 0 amide bonds. The molecule has 1 rings (SSSR count). The van der Waals surface area contributed by atoms with Crippen LogP contribution in [0.25, 0.3) is 6.08 Å². The second-order valence-corrected chi connectivity index (χ2v) is 5.57. The van der Waals surface area contributed by atoms with Crippen LogP contribution in [0.4, 0.5) is 0 Å². The molecule has 1 aromatic carbocycles. The summed E-state index contributed by atoms with van der Waals surface area (Å²) in [7, 11) is 0. The third-order valence-corrected chi connectivity index (χ3v) is 3.01. The van der Waals surface area contributed by atoms with Crippen LogP contribution in [0.2, 0.25) is 0 Å². The van der Waals surface area contributed by atoms with Crippen molar-refractivity contribution >= 4 is 6.08 Å².